The quantitative estimate of drug-likeness (QED) is 0.643. The molecule has 0 fully saturated rings. The van der Waals surface area contributed by atoms with Crippen molar-refractivity contribution in [2.45, 2.75) is 0 Å². The van der Waals surface area contributed by atoms with Gasteiger partial charge in [0.1, 0.15) is 11.6 Å². The molecule has 0 saturated carbocycles. The number of halogens is 2. The summed E-state index contributed by atoms with van der Waals surface area (Å²) in [5, 5.41) is 7.23. The van der Waals surface area contributed by atoms with E-state index in [4.69, 9.17) is 15.6 Å². The van der Waals surface area contributed by atoms with Crippen molar-refractivity contribution in [3.05, 3.63) is 48.2 Å². The normalized spacial score (nSPS) is 8.75. The maximum absolute atomic E-state index is 7.23. The van der Waals surface area contributed by atoms with Crippen LogP contribution < -0.4 is 5.73 Å². The first kappa shape index (κ1) is 14.6. The summed E-state index contributed by atoms with van der Waals surface area (Å²) in [6.07, 6.45) is 1.63. The van der Waals surface area contributed by atoms with Crippen LogP contribution in [0.4, 0.5) is 0 Å². The Morgan fingerprint density at radius 1 is 1.06 bits per heavy atom. The molecule has 5 heteroatoms. The van der Waals surface area contributed by atoms with Crippen LogP contribution in [0.25, 0.3) is 11.3 Å². The van der Waals surface area contributed by atoms with Gasteiger partial charge in [0.15, 0.2) is 0 Å². The Morgan fingerprint density at radius 2 is 1.69 bits per heavy atom. The van der Waals surface area contributed by atoms with Crippen LogP contribution in [-0.2, 0) is 0 Å². The lowest BCUT2D eigenvalue weighted by atomic mass is 10.1. The lowest BCUT2D eigenvalue weighted by Gasteiger charge is -1.99. The fraction of sp³-hybridized carbons (Fsp3) is 0. The number of amidine groups is 1. The summed E-state index contributed by atoms with van der Waals surface area (Å²) in [5.41, 5.74) is 7.05. The Hall–Kier alpha value is -1.45. The second kappa shape index (κ2) is 6.20. The summed E-state index contributed by atoms with van der Waals surface area (Å²) >= 11 is 0. The van der Waals surface area contributed by atoms with Crippen molar-refractivity contribution in [1.29, 1.82) is 5.41 Å². The van der Waals surface area contributed by atoms with E-state index in [1.807, 2.05) is 24.3 Å². The molecule has 0 atom stereocenters. The SMILES string of the molecule is Cl.Cl.N=C(N)c1ccc(-c2ccco2)cc1. The van der Waals surface area contributed by atoms with Crippen molar-refractivity contribution in [1.82, 2.24) is 0 Å². The van der Waals surface area contributed by atoms with Gasteiger partial charge in [0, 0.05) is 11.1 Å². The highest BCUT2D eigenvalue weighted by molar-refractivity contribution is 5.95. The third-order valence-electron chi connectivity index (χ3n) is 2.00. The highest BCUT2D eigenvalue weighted by atomic mass is 35.5. The van der Waals surface area contributed by atoms with Crippen molar-refractivity contribution >= 4 is 30.6 Å². The molecule has 0 amide bonds. The van der Waals surface area contributed by atoms with Crippen LogP contribution in [0.3, 0.4) is 0 Å². The molecular formula is C11H12Cl2N2O. The number of benzene rings is 1. The molecule has 0 spiro atoms. The molecular weight excluding hydrogens is 247 g/mol. The number of hydrogen-bond acceptors (Lipinski definition) is 2. The molecule has 0 saturated heterocycles. The first-order valence-electron chi connectivity index (χ1n) is 4.26. The van der Waals surface area contributed by atoms with E-state index in [1.54, 1.807) is 18.4 Å². The summed E-state index contributed by atoms with van der Waals surface area (Å²) in [5.74, 6) is 0.899. The minimum atomic E-state index is 0. The van der Waals surface area contributed by atoms with Gasteiger partial charge in [0.05, 0.1) is 6.26 Å². The van der Waals surface area contributed by atoms with Crippen LogP contribution in [0.5, 0.6) is 0 Å². The van der Waals surface area contributed by atoms with E-state index in [9.17, 15) is 0 Å². The van der Waals surface area contributed by atoms with Gasteiger partial charge in [0.2, 0.25) is 0 Å². The van der Waals surface area contributed by atoms with E-state index in [0.717, 1.165) is 16.9 Å². The third kappa shape index (κ3) is 3.02. The van der Waals surface area contributed by atoms with Crippen molar-refractivity contribution in [3.8, 4) is 11.3 Å². The summed E-state index contributed by atoms with van der Waals surface area (Å²) in [6, 6.07) is 11.1. The zero-order chi connectivity index (χ0) is 9.97. The number of furan rings is 1. The summed E-state index contributed by atoms with van der Waals surface area (Å²) in [7, 11) is 0. The Morgan fingerprint density at radius 3 is 2.12 bits per heavy atom. The number of rotatable bonds is 2. The van der Waals surface area contributed by atoms with Gasteiger partial charge >= 0.3 is 0 Å². The Kier molecular flexibility index (Phi) is 5.64. The zero-order valence-electron chi connectivity index (χ0n) is 8.34. The van der Waals surface area contributed by atoms with Gasteiger partial charge in [-0.05, 0) is 12.1 Å². The van der Waals surface area contributed by atoms with Gasteiger partial charge in [-0.1, -0.05) is 24.3 Å². The highest BCUT2D eigenvalue weighted by Gasteiger charge is 2.00. The number of hydrogen-bond donors (Lipinski definition) is 2. The molecule has 3 nitrogen and oxygen atoms in total. The molecule has 2 rings (SSSR count). The minimum absolute atomic E-state index is 0. The van der Waals surface area contributed by atoms with Gasteiger partial charge in [-0.15, -0.1) is 24.8 Å². The molecule has 0 aliphatic heterocycles. The number of nitrogen functional groups attached to an aromatic ring is 1. The first-order chi connectivity index (χ1) is 6.77. The van der Waals surface area contributed by atoms with Crippen LogP contribution in [-0.4, -0.2) is 5.84 Å². The van der Waals surface area contributed by atoms with Crippen LogP contribution in [0.2, 0.25) is 0 Å². The fourth-order valence-electron chi connectivity index (χ4n) is 1.26. The van der Waals surface area contributed by atoms with Crippen LogP contribution in [0.15, 0.2) is 47.1 Å². The molecule has 86 valence electrons. The molecule has 3 N–H and O–H groups in total. The summed E-state index contributed by atoms with van der Waals surface area (Å²) in [6.45, 7) is 0. The van der Waals surface area contributed by atoms with Crippen molar-refractivity contribution < 1.29 is 4.42 Å². The second-order valence-electron chi connectivity index (χ2n) is 2.97. The molecule has 1 aromatic heterocycles. The van der Waals surface area contributed by atoms with Crippen LogP contribution >= 0.6 is 24.8 Å². The van der Waals surface area contributed by atoms with E-state index < -0.39 is 0 Å². The van der Waals surface area contributed by atoms with Crippen molar-refractivity contribution in [3.63, 3.8) is 0 Å². The van der Waals surface area contributed by atoms with E-state index in [-0.39, 0.29) is 30.6 Å². The number of nitrogens with one attached hydrogen (secondary N) is 1. The number of nitrogens with two attached hydrogens (primary N) is 1. The fourth-order valence-corrected chi connectivity index (χ4v) is 1.26. The molecule has 2 aromatic rings. The van der Waals surface area contributed by atoms with E-state index in [2.05, 4.69) is 0 Å². The monoisotopic (exact) mass is 258 g/mol. The zero-order valence-corrected chi connectivity index (χ0v) is 9.98. The Labute approximate surface area is 106 Å². The highest BCUT2D eigenvalue weighted by Crippen LogP contribution is 2.19. The lowest BCUT2D eigenvalue weighted by molar-refractivity contribution is 0.582. The molecule has 16 heavy (non-hydrogen) atoms. The average molecular weight is 259 g/mol. The van der Waals surface area contributed by atoms with E-state index in [1.165, 1.54) is 0 Å². The molecule has 0 aliphatic rings. The molecule has 0 unspecified atom stereocenters. The smallest absolute Gasteiger partial charge is 0.133 e. The summed E-state index contributed by atoms with van der Waals surface area (Å²) in [4.78, 5) is 0. The molecule has 1 aromatic carbocycles. The van der Waals surface area contributed by atoms with Crippen molar-refractivity contribution in [2.75, 3.05) is 0 Å². The Balaban J connectivity index is 0.00000112. The van der Waals surface area contributed by atoms with E-state index in [0.29, 0.717) is 0 Å². The maximum atomic E-state index is 7.23. The standard InChI is InChI=1S/C11H10N2O.2ClH/c12-11(13)9-5-3-8(4-6-9)10-2-1-7-14-10;;/h1-7H,(H3,12,13);2*1H. The first-order valence-corrected chi connectivity index (χ1v) is 4.26. The van der Waals surface area contributed by atoms with Gasteiger partial charge in [-0.2, -0.15) is 0 Å². The predicted molar refractivity (Wildman–Crippen MR) is 69.7 cm³/mol. The third-order valence-corrected chi connectivity index (χ3v) is 2.00. The molecule has 0 bridgehead atoms. The van der Waals surface area contributed by atoms with Gasteiger partial charge < -0.3 is 10.2 Å². The molecule has 0 aliphatic carbocycles. The molecule has 0 radical (unpaired) electrons. The van der Waals surface area contributed by atoms with Crippen molar-refractivity contribution in [2.24, 2.45) is 5.73 Å². The largest absolute Gasteiger partial charge is 0.464 e. The topological polar surface area (TPSA) is 63.0 Å². The Bertz CT molecular complexity index is 438. The van der Waals surface area contributed by atoms with Crippen LogP contribution in [0.1, 0.15) is 5.56 Å². The van der Waals surface area contributed by atoms with Gasteiger partial charge in [0.25, 0.3) is 0 Å². The summed E-state index contributed by atoms with van der Waals surface area (Å²) < 4.78 is 5.23. The minimum Gasteiger partial charge on any atom is -0.464 e. The predicted octanol–water partition coefficient (Wildman–Crippen LogP) is 3.07. The van der Waals surface area contributed by atoms with Gasteiger partial charge in [-0.3, -0.25) is 5.41 Å². The average Bonchev–Trinajstić information content (AvgIpc) is 2.71. The lowest BCUT2D eigenvalue weighted by Crippen LogP contribution is -2.10. The molecule has 1 heterocycles. The van der Waals surface area contributed by atoms with E-state index >= 15 is 0 Å². The second-order valence-corrected chi connectivity index (χ2v) is 2.97. The van der Waals surface area contributed by atoms with Crippen LogP contribution in [0, 0.1) is 5.41 Å². The maximum Gasteiger partial charge on any atom is 0.133 e. The van der Waals surface area contributed by atoms with Gasteiger partial charge in [-0.25, -0.2) is 0 Å².